The van der Waals surface area contributed by atoms with E-state index in [1.54, 1.807) is 23.0 Å². The van der Waals surface area contributed by atoms with E-state index in [1.165, 1.54) is 23.5 Å². The first kappa shape index (κ1) is 19.7. The van der Waals surface area contributed by atoms with Gasteiger partial charge in [0.1, 0.15) is 10.8 Å². The average Bonchev–Trinajstić information content (AvgIpc) is 3.27. The zero-order valence-electron chi connectivity index (χ0n) is 14.9. The van der Waals surface area contributed by atoms with Gasteiger partial charge in [0.2, 0.25) is 0 Å². The molecule has 0 aliphatic heterocycles. The molecule has 0 fully saturated rings. The maximum absolute atomic E-state index is 12.9. The minimum Gasteiger partial charge on any atom is -0.258 e. The highest BCUT2D eigenvalue weighted by atomic mass is 79.9. The Kier molecular flexibility index (Phi) is 4.97. The first-order valence-electron chi connectivity index (χ1n) is 8.30. The van der Waals surface area contributed by atoms with E-state index < -0.39 is 14.8 Å². The van der Waals surface area contributed by atoms with Gasteiger partial charge in [-0.25, -0.2) is 17.9 Å². The summed E-state index contributed by atoms with van der Waals surface area (Å²) in [5.41, 5.74) is 2.46. The summed E-state index contributed by atoms with van der Waals surface area (Å²) >= 11 is 4.66. The molecule has 0 spiro atoms. The van der Waals surface area contributed by atoms with E-state index in [0.717, 1.165) is 21.6 Å². The van der Waals surface area contributed by atoms with Crippen LogP contribution in [0.1, 0.15) is 10.6 Å². The normalized spacial score (nSPS) is 11.8. The molecule has 0 unspecified atom stereocenters. The molecule has 0 saturated heterocycles. The summed E-state index contributed by atoms with van der Waals surface area (Å²) in [6.45, 7) is 1.61. The van der Waals surface area contributed by atoms with Crippen molar-refractivity contribution in [2.75, 3.05) is 0 Å². The maximum atomic E-state index is 12.9. The van der Waals surface area contributed by atoms with Gasteiger partial charge in [0.25, 0.3) is 5.69 Å². The molecule has 0 atom stereocenters. The van der Waals surface area contributed by atoms with Crippen molar-refractivity contribution in [1.82, 2.24) is 14.6 Å². The number of nitrogens with zero attached hydrogens (tertiary/aromatic N) is 4. The fourth-order valence-electron chi connectivity index (χ4n) is 2.93. The van der Waals surface area contributed by atoms with Gasteiger partial charge in [-0.15, -0.1) is 11.3 Å². The quantitative estimate of drug-likeness (QED) is 0.301. The van der Waals surface area contributed by atoms with Crippen molar-refractivity contribution >= 4 is 48.3 Å². The van der Waals surface area contributed by atoms with Crippen LogP contribution in [0.3, 0.4) is 0 Å². The minimum absolute atomic E-state index is 0.0524. The summed E-state index contributed by atoms with van der Waals surface area (Å²) in [6, 6.07) is 7.60. The van der Waals surface area contributed by atoms with Crippen LogP contribution >= 0.6 is 27.3 Å². The first-order chi connectivity index (χ1) is 13.7. The van der Waals surface area contributed by atoms with Gasteiger partial charge in [0.05, 0.1) is 27.2 Å². The lowest BCUT2D eigenvalue weighted by Gasteiger charge is -2.06. The van der Waals surface area contributed by atoms with E-state index in [2.05, 4.69) is 26.0 Å². The topological polar surface area (TPSA) is 107 Å². The highest BCUT2D eigenvalue weighted by Crippen LogP contribution is 2.30. The smallest absolute Gasteiger partial charge is 0.258 e. The monoisotopic (exact) mass is 492 g/mol. The lowest BCUT2D eigenvalue weighted by Crippen LogP contribution is -2.07. The SMILES string of the molecule is Cc1ccc([N+](=O)[O-])cc1S(=O)(=O)Cc1nc(-c2cnn3ccc(Br)cc23)cs1. The Hall–Kier alpha value is -2.63. The molecule has 0 bridgehead atoms. The zero-order valence-corrected chi connectivity index (χ0v) is 18.2. The number of hydrogen-bond acceptors (Lipinski definition) is 7. The number of benzene rings is 1. The van der Waals surface area contributed by atoms with E-state index >= 15 is 0 Å². The molecule has 0 saturated carbocycles. The molecule has 11 heteroatoms. The van der Waals surface area contributed by atoms with Crippen LogP contribution in [0.4, 0.5) is 5.69 Å². The highest BCUT2D eigenvalue weighted by molar-refractivity contribution is 9.10. The summed E-state index contributed by atoms with van der Waals surface area (Å²) in [5.74, 6) is -0.331. The van der Waals surface area contributed by atoms with Gasteiger partial charge in [0.15, 0.2) is 9.84 Å². The predicted molar refractivity (Wildman–Crippen MR) is 113 cm³/mol. The van der Waals surface area contributed by atoms with Crippen molar-refractivity contribution in [3.8, 4) is 11.3 Å². The lowest BCUT2D eigenvalue weighted by molar-refractivity contribution is -0.385. The van der Waals surface area contributed by atoms with Crippen LogP contribution in [0.25, 0.3) is 16.8 Å². The van der Waals surface area contributed by atoms with Crippen LogP contribution < -0.4 is 0 Å². The number of sulfone groups is 1. The molecular formula is C18H13BrN4O4S2. The Morgan fingerprint density at radius 3 is 2.83 bits per heavy atom. The average molecular weight is 493 g/mol. The van der Waals surface area contributed by atoms with Crippen LogP contribution in [0.2, 0.25) is 0 Å². The van der Waals surface area contributed by atoms with Gasteiger partial charge in [-0.05, 0) is 24.6 Å². The summed E-state index contributed by atoms with van der Waals surface area (Å²) < 4.78 is 28.3. The van der Waals surface area contributed by atoms with Gasteiger partial charge in [0, 0.05) is 33.7 Å². The van der Waals surface area contributed by atoms with Crippen molar-refractivity contribution < 1.29 is 13.3 Å². The number of aryl methyl sites for hydroxylation is 1. The zero-order chi connectivity index (χ0) is 20.8. The van der Waals surface area contributed by atoms with Crippen molar-refractivity contribution in [1.29, 1.82) is 0 Å². The van der Waals surface area contributed by atoms with Crippen LogP contribution in [0, 0.1) is 17.0 Å². The molecule has 0 aliphatic rings. The Labute approximate surface area is 178 Å². The Morgan fingerprint density at radius 1 is 1.28 bits per heavy atom. The number of hydrogen-bond donors (Lipinski definition) is 0. The summed E-state index contributed by atoms with van der Waals surface area (Å²) in [7, 11) is -3.79. The third kappa shape index (κ3) is 3.80. The second kappa shape index (κ2) is 7.32. The van der Waals surface area contributed by atoms with Crippen LogP contribution in [0.15, 0.2) is 57.5 Å². The molecule has 148 valence electrons. The summed E-state index contributed by atoms with van der Waals surface area (Å²) in [5, 5.41) is 17.5. The number of thiazole rings is 1. The molecule has 3 heterocycles. The molecule has 8 nitrogen and oxygen atoms in total. The summed E-state index contributed by atoms with van der Waals surface area (Å²) in [6.07, 6.45) is 3.49. The van der Waals surface area contributed by atoms with Crippen LogP contribution in [-0.4, -0.2) is 27.9 Å². The van der Waals surface area contributed by atoms with E-state index in [-0.39, 0.29) is 16.3 Å². The van der Waals surface area contributed by atoms with E-state index in [0.29, 0.717) is 16.3 Å². The largest absolute Gasteiger partial charge is 0.270 e. The number of pyridine rings is 1. The van der Waals surface area contributed by atoms with E-state index in [1.807, 2.05) is 18.3 Å². The molecule has 29 heavy (non-hydrogen) atoms. The Balaban J connectivity index is 1.68. The maximum Gasteiger partial charge on any atom is 0.270 e. The third-order valence-corrected chi connectivity index (χ3v) is 7.63. The Bertz CT molecular complexity index is 1360. The van der Waals surface area contributed by atoms with Crippen molar-refractivity contribution in [3.05, 3.63) is 73.3 Å². The molecule has 0 aliphatic carbocycles. The number of halogens is 1. The molecular weight excluding hydrogens is 480 g/mol. The predicted octanol–water partition coefficient (Wildman–Crippen LogP) is 4.41. The first-order valence-corrected chi connectivity index (χ1v) is 11.6. The second-order valence-corrected chi connectivity index (χ2v) is 10.1. The molecule has 1 aromatic carbocycles. The lowest BCUT2D eigenvalue weighted by atomic mass is 10.2. The minimum atomic E-state index is -3.79. The summed E-state index contributed by atoms with van der Waals surface area (Å²) in [4.78, 5) is 14.8. The van der Waals surface area contributed by atoms with Gasteiger partial charge >= 0.3 is 0 Å². The van der Waals surface area contributed by atoms with Gasteiger partial charge in [-0.2, -0.15) is 5.10 Å². The van der Waals surface area contributed by atoms with Crippen LogP contribution in [-0.2, 0) is 15.6 Å². The highest BCUT2D eigenvalue weighted by Gasteiger charge is 2.23. The van der Waals surface area contributed by atoms with Crippen molar-refractivity contribution in [3.63, 3.8) is 0 Å². The van der Waals surface area contributed by atoms with Crippen molar-refractivity contribution in [2.45, 2.75) is 17.6 Å². The molecule has 0 radical (unpaired) electrons. The number of nitro benzene ring substituents is 1. The molecule has 3 aromatic heterocycles. The molecule has 4 aromatic rings. The standard InChI is InChI=1S/C18H13BrN4O4S2/c1-11-2-3-13(23(24)25)7-17(11)29(26,27)10-18-21-15(9-28-18)14-8-20-22-5-4-12(19)6-16(14)22/h2-9H,10H2,1H3. The van der Waals surface area contributed by atoms with Crippen molar-refractivity contribution in [2.24, 2.45) is 0 Å². The number of rotatable bonds is 5. The number of fused-ring (bicyclic) bond motifs is 1. The molecule has 4 rings (SSSR count). The third-order valence-electron chi connectivity index (χ3n) is 4.34. The Morgan fingerprint density at radius 2 is 2.07 bits per heavy atom. The number of nitro groups is 1. The van der Waals surface area contributed by atoms with Gasteiger partial charge in [-0.3, -0.25) is 10.1 Å². The fourth-order valence-corrected chi connectivity index (χ4v) is 5.99. The van der Waals surface area contributed by atoms with Gasteiger partial charge < -0.3 is 0 Å². The number of aromatic nitrogens is 3. The van der Waals surface area contributed by atoms with E-state index in [4.69, 9.17) is 0 Å². The molecule has 0 amide bonds. The van der Waals surface area contributed by atoms with E-state index in [9.17, 15) is 18.5 Å². The van der Waals surface area contributed by atoms with Gasteiger partial charge in [-0.1, -0.05) is 22.0 Å². The van der Waals surface area contributed by atoms with Crippen LogP contribution in [0.5, 0.6) is 0 Å². The molecule has 0 N–H and O–H groups in total. The second-order valence-electron chi connectivity index (χ2n) is 6.33. The number of non-ortho nitro benzene ring substituents is 1. The fraction of sp³-hybridized carbons (Fsp3) is 0.111.